The van der Waals surface area contributed by atoms with Crippen LogP contribution in [-0.4, -0.2) is 21.8 Å². The van der Waals surface area contributed by atoms with Crippen LogP contribution in [0.25, 0.3) is 0 Å². The van der Waals surface area contributed by atoms with Crippen molar-refractivity contribution in [3.05, 3.63) is 16.1 Å². The van der Waals surface area contributed by atoms with Crippen molar-refractivity contribution in [2.75, 3.05) is 0 Å². The fourth-order valence-electron chi connectivity index (χ4n) is 0.681. The second-order valence-electron chi connectivity index (χ2n) is 2.12. The molecule has 1 rings (SSSR count). The largest absolute Gasteiger partial charge is 0.476 e. The van der Waals surface area contributed by atoms with E-state index in [1.54, 1.807) is 6.92 Å². The third-order valence-corrected chi connectivity index (χ3v) is 2.12. The summed E-state index contributed by atoms with van der Waals surface area (Å²) >= 11 is 0.970. The second kappa shape index (κ2) is 3.44. The van der Waals surface area contributed by atoms with Crippen LogP contribution in [0, 0.1) is 0 Å². The Morgan fingerprint density at radius 1 is 1.67 bits per heavy atom. The third-order valence-electron chi connectivity index (χ3n) is 1.29. The van der Waals surface area contributed by atoms with Gasteiger partial charge in [-0.1, -0.05) is 6.92 Å². The van der Waals surface area contributed by atoms with Crippen molar-refractivity contribution in [3.8, 4) is 0 Å². The molecule has 64 valence electrons. The van der Waals surface area contributed by atoms with Crippen molar-refractivity contribution in [2.24, 2.45) is 0 Å². The van der Waals surface area contributed by atoms with E-state index in [9.17, 15) is 9.59 Å². The zero-order valence-corrected chi connectivity index (χ0v) is 7.22. The monoisotopic (exact) mass is 185 g/mol. The van der Waals surface area contributed by atoms with E-state index in [2.05, 4.69) is 4.98 Å². The molecule has 4 nitrogen and oxygen atoms in total. The van der Waals surface area contributed by atoms with E-state index in [4.69, 9.17) is 5.11 Å². The van der Waals surface area contributed by atoms with Gasteiger partial charge in [0.1, 0.15) is 5.69 Å². The minimum absolute atomic E-state index is 0.0354. The lowest BCUT2D eigenvalue weighted by Crippen LogP contribution is -2.00. The number of aromatic nitrogens is 1. The lowest BCUT2D eigenvalue weighted by molar-refractivity contribution is 0.0696. The summed E-state index contributed by atoms with van der Waals surface area (Å²) in [5.74, 6) is -1.21. The van der Waals surface area contributed by atoms with Crippen LogP contribution in [0.3, 0.4) is 0 Å². The standard InChI is InChI=1S/C7H7NO3S/c1-2-5(9)4-3-12-6(8-4)7(10)11/h3H,2H2,1H3,(H,10,11). The zero-order valence-electron chi connectivity index (χ0n) is 6.40. The van der Waals surface area contributed by atoms with Gasteiger partial charge in [-0.25, -0.2) is 9.78 Å². The number of nitrogens with zero attached hydrogens (tertiary/aromatic N) is 1. The highest BCUT2D eigenvalue weighted by Crippen LogP contribution is 2.10. The Kier molecular flexibility index (Phi) is 2.54. The predicted molar refractivity (Wildman–Crippen MR) is 43.7 cm³/mol. The molecule has 0 saturated heterocycles. The minimum atomic E-state index is -1.09. The van der Waals surface area contributed by atoms with Crippen molar-refractivity contribution >= 4 is 23.1 Å². The Hall–Kier alpha value is -1.23. The van der Waals surface area contributed by atoms with Crippen molar-refractivity contribution in [1.29, 1.82) is 0 Å². The van der Waals surface area contributed by atoms with E-state index in [0.717, 1.165) is 11.3 Å². The predicted octanol–water partition coefficient (Wildman–Crippen LogP) is 1.43. The molecule has 0 atom stereocenters. The molecule has 0 aliphatic heterocycles. The SMILES string of the molecule is CCC(=O)c1csc(C(=O)O)n1. The van der Waals surface area contributed by atoms with Crippen molar-refractivity contribution in [1.82, 2.24) is 4.98 Å². The van der Waals surface area contributed by atoms with Gasteiger partial charge in [-0.05, 0) is 0 Å². The maximum Gasteiger partial charge on any atom is 0.365 e. The minimum Gasteiger partial charge on any atom is -0.476 e. The number of hydrogen-bond acceptors (Lipinski definition) is 4. The lowest BCUT2D eigenvalue weighted by Gasteiger charge is -1.87. The topological polar surface area (TPSA) is 67.3 Å². The van der Waals surface area contributed by atoms with Crippen LogP contribution in [0.1, 0.15) is 33.6 Å². The summed E-state index contributed by atoms with van der Waals surface area (Å²) in [6.45, 7) is 1.71. The lowest BCUT2D eigenvalue weighted by atomic mass is 10.2. The van der Waals surface area contributed by atoms with Gasteiger partial charge in [-0.15, -0.1) is 11.3 Å². The molecule has 0 amide bonds. The van der Waals surface area contributed by atoms with Crippen LogP contribution in [0.15, 0.2) is 5.38 Å². The highest BCUT2D eigenvalue weighted by atomic mass is 32.1. The molecule has 1 aromatic rings. The average Bonchev–Trinajstić information content (AvgIpc) is 2.51. The summed E-state index contributed by atoms with van der Waals surface area (Å²) < 4.78 is 0. The second-order valence-corrected chi connectivity index (χ2v) is 2.98. The van der Waals surface area contributed by atoms with Crippen LogP contribution in [0.5, 0.6) is 0 Å². The molecule has 0 radical (unpaired) electrons. The highest BCUT2D eigenvalue weighted by Gasteiger charge is 2.12. The molecule has 0 bridgehead atoms. The molecule has 0 aliphatic rings. The van der Waals surface area contributed by atoms with Gasteiger partial charge in [0.25, 0.3) is 0 Å². The van der Waals surface area contributed by atoms with Crippen molar-refractivity contribution < 1.29 is 14.7 Å². The third kappa shape index (κ3) is 1.68. The number of carboxylic acids is 1. The first-order valence-corrected chi connectivity index (χ1v) is 4.25. The molecular formula is C7H7NO3S. The number of ketones is 1. The van der Waals surface area contributed by atoms with E-state index >= 15 is 0 Å². The molecule has 1 aromatic heterocycles. The number of Topliss-reactive ketones (excluding diaryl/α,β-unsaturated/α-hetero) is 1. The van der Waals surface area contributed by atoms with E-state index in [1.807, 2.05) is 0 Å². The molecule has 1 N–H and O–H groups in total. The number of thiazole rings is 1. The van der Waals surface area contributed by atoms with Crippen LogP contribution < -0.4 is 0 Å². The fourth-order valence-corrected chi connectivity index (χ4v) is 1.34. The van der Waals surface area contributed by atoms with Crippen LogP contribution in [-0.2, 0) is 0 Å². The summed E-state index contributed by atoms with van der Waals surface area (Å²) in [6.07, 6.45) is 0.350. The molecule has 0 unspecified atom stereocenters. The number of carbonyl (C=O) groups excluding carboxylic acids is 1. The highest BCUT2D eigenvalue weighted by molar-refractivity contribution is 7.11. The van der Waals surface area contributed by atoms with E-state index in [0.29, 0.717) is 6.42 Å². The summed E-state index contributed by atoms with van der Waals surface area (Å²) in [5.41, 5.74) is 0.250. The van der Waals surface area contributed by atoms with Gasteiger partial charge in [-0.3, -0.25) is 4.79 Å². The molecule has 5 heteroatoms. The number of rotatable bonds is 3. The first-order valence-electron chi connectivity index (χ1n) is 3.37. The Morgan fingerprint density at radius 2 is 2.33 bits per heavy atom. The molecule has 12 heavy (non-hydrogen) atoms. The molecular weight excluding hydrogens is 178 g/mol. The van der Waals surface area contributed by atoms with Gasteiger partial charge in [0, 0.05) is 11.8 Å². The van der Waals surface area contributed by atoms with Gasteiger partial charge in [-0.2, -0.15) is 0 Å². The molecule has 0 saturated carbocycles. The Balaban J connectivity index is 2.91. The Labute approximate surface area is 72.9 Å². The molecule has 0 aliphatic carbocycles. The van der Waals surface area contributed by atoms with E-state index in [-0.39, 0.29) is 16.5 Å². The number of carboxylic acid groups (broad SMARTS) is 1. The summed E-state index contributed by atoms with van der Waals surface area (Å²) in [6, 6.07) is 0. The van der Waals surface area contributed by atoms with Gasteiger partial charge >= 0.3 is 5.97 Å². The van der Waals surface area contributed by atoms with Gasteiger partial charge in [0.15, 0.2) is 5.78 Å². The Morgan fingerprint density at radius 3 is 2.75 bits per heavy atom. The molecule has 1 heterocycles. The molecule has 0 spiro atoms. The zero-order chi connectivity index (χ0) is 9.14. The molecule has 0 fully saturated rings. The average molecular weight is 185 g/mol. The van der Waals surface area contributed by atoms with E-state index in [1.165, 1.54) is 5.38 Å². The van der Waals surface area contributed by atoms with Gasteiger partial charge in [0.05, 0.1) is 0 Å². The summed E-state index contributed by atoms with van der Waals surface area (Å²) in [7, 11) is 0. The smallest absolute Gasteiger partial charge is 0.365 e. The van der Waals surface area contributed by atoms with Crippen LogP contribution >= 0.6 is 11.3 Å². The maximum atomic E-state index is 11.0. The van der Waals surface area contributed by atoms with Crippen molar-refractivity contribution in [2.45, 2.75) is 13.3 Å². The fraction of sp³-hybridized carbons (Fsp3) is 0.286. The van der Waals surface area contributed by atoms with Crippen LogP contribution in [0.4, 0.5) is 0 Å². The number of carbonyl (C=O) groups is 2. The summed E-state index contributed by atoms with van der Waals surface area (Å²) in [4.78, 5) is 25.0. The van der Waals surface area contributed by atoms with Gasteiger partial charge in [0.2, 0.25) is 5.01 Å². The molecule has 0 aromatic carbocycles. The quantitative estimate of drug-likeness (QED) is 0.723. The number of aromatic carboxylic acids is 1. The normalized spacial score (nSPS) is 9.75. The Bertz CT molecular complexity index is 318. The number of hydrogen-bond donors (Lipinski definition) is 1. The first kappa shape index (κ1) is 8.86. The maximum absolute atomic E-state index is 11.0. The van der Waals surface area contributed by atoms with Crippen molar-refractivity contribution in [3.63, 3.8) is 0 Å². The first-order chi connectivity index (χ1) is 5.65. The summed E-state index contributed by atoms with van der Waals surface area (Å²) in [5, 5.41) is 9.92. The van der Waals surface area contributed by atoms with Crippen LogP contribution in [0.2, 0.25) is 0 Å². The van der Waals surface area contributed by atoms with E-state index < -0.39 is 5.97 Å². The van der Waals surface area contributed by atoms with Gasteiger partial charge < -0.3 is 5.11 Å².